The average molecular weight is 338 g/mol. The van der Waals surface area contributed by atoms with Gasteiger partial charge in [-0.3, -0.25) is 4.79 Å². The molecule has 134 valence electrons. The lowest BCUT2D eigenvalue weighted by molar-refractivity contribution is -0.139. The number of alkyl carbamates (subject to hydrolysis) is 1. The molecule has 0 unspecified atom stereocenters. The first kappa shape index (κ1) is 19.8. The highest BCUT2D eigenvalue weighted by Gasteiger charge is 2.18. The van der Waals surface area contributed by atoms with E-state index in [0.717, 1.165) is 5.56 Å². The molecule has 4 N–H and O–H groups in total. The Morgan fingerprint density at radius 2 is 1.79 bits per heavy atom. The maximum absolute atomic E-state index is 11.5. The Kier molecular flexibility index (Phi) is 7.51. The summed E-state index contributed by atoms with van der Waals surface area (Å²) in [6.45, 7) is 6.21. The van der Waals surface area contributed by atoms with Gasteiger partial charge in [-0.25, -0.2) is 4.79 Å². The van der Waals surface area contributed by atoms with Gasteiger partial charge in [-0.15, -0.1) is 0 Å². The number of nitrogens with one attached hydrogen (secondary N) is 2. The van der Waals surface area contributed by atoms with Crippen LogP contribution >= 0.6 is 0 Å². The predicted octanol–water partition coefficient (Wildman–Crippen LogP) is 1.89. The first-order valence-corrected chi connectivity index (χ1v) is 7.88. The van der Waals surface area contributed by atoms with E-state index >= 15 is 0 Å². The molecule has 7 nitrogen and oxygen atoms in total. The number of phenols is 1. The third-order valence-corrected chi connectivity index (χ3v) is 3.09. The number of hydrogen-bond acceptors (Lipinski definition) is 5. The molecule has 0 bridgehead atoms. The van der Waals surface area contributed by atoms with Gasteiger partial charge in [0.1, 0.15) is 17.4 Å². The van der Waals surface area contributed by atoms with Crippen LogP contribution in [0, 0.1) is 0 Å². The lowest BCUT2D eigenvalue weighted by Gasteiger charge is -2.20. The first-order valence-electron chi connectivity index (χ1n) is 7.88. The first-order chi connectivity index (χ1) is 11.2. The third-order valence-electron chi connectivity index (χ3n) is 3.09. The molecule has 0 saturated carbocycles. The van der Waals surface area contributed by atoms with Crippen molar-refractivity contribution in [3.05, 3.63) is 29.8 Å². The summed E-state index contributed by atoms with van der Waals surface area (Å²) in [4.78, 5) is 22.8. The molecule has 0 saturated heterocycles. The lowest BCUT2D eigenvalue weighted by atomic mass is 10.1. The van der Waals surface area contributed by atoms with Gasteiger partial charge in [0.15, 0.2) is 0 Å². The molecular formula is C17H26N2O5. The Hall–Kier alpha value is -2.28. The lowest BCUT2D eigenvalue weighted by Crippen LogP contribution is -2.40. The fourth-order valence-corrected chi connectivity index (χ4v) is 1.98. The smallest absolute Gasteiger partial charge is 0.407 e. The van der Waals surface area contributed by atoms with Crippen molar-refractivity contribution < 1.29 is 24.5 Å². The molecule has 0 radical (unpaired) electrons. The van der Waals surface area contributed by atoms with Crippen LogP contribution in [0.1, 0.15) is 32.8 Å². The molecule has 24 heavy (non-hydrogen) atoms. The van der Waals surface area contributed by atoms with E-state index in [4.69, 9.17) is 4.74 Å². The highest BCUT2D eigenvalue weighted by atomic mass is 16.6. The summed E-state index contributed by atoms with van der Waals surface area (Å²) in [5.41, 5.74) is 0.278. The van der Waals surface area contributed by atoms with E-state index in [1.165, 1.54) is 12.1 Å². The standard InChI is InChI=1S/C17H26N2O5/c1-17(2,3)24-16(23)19-10-4-9-18-14(15(21)22)11-12-5-7-13(20)8-6-12/h5-8,14,18,20H,4,9-11H2,1-3H3,(H,19,23)(H,21,22)/t14-/m0/s1. The fourth-order valence-electron chi connectivity index (χ4n) is 1.98. The van der Waals surface area contributed by atoms with Gasteiger partial charge in [0, 0.05) is 6.54 Å². The Balaban J connectivity index is 2.31. The number of hydrogen-bond donors (Lipinski definition) is 4. The van der Waals surface area contributed by atoms with Crippen LogP contribution in [0.15, 0.2) is 24.3 Å². The molecule has 0 heterocycles. The van der Waals surface area contributed by atoms with Gasteiger partial charge in [-0.05, 0) is 57.9 Å². The van der Waals surface area contributed by atoms with Crippen LogP contribution in [0.4, 0.5) is 4.79 Å². The Labute approximate surface area is 142 Å². The third kappa shape index (κ3) is 8.38. The van der Waals surface area contributed by atoms with Crippen LogP contribution in [0.3, 0.4) is 0 Å². The summed E-state index contributed by atoms with van der Waals surface area (Å²) in [6.07, 6.45) is 0.412. The van der Waals surface area contributed by atoms with Crippen molar-refractivity contribution in [2.24, 2.45) is 0 Å². The maximum Gasteiger partial charge on any atom is 0.407 e. The number of carboxylic acids is 1. The van der Waals surface area contributed by atoms with Gasteiger partial charge < -0.3 is 25.6 Å². The molecule has 7 heteroatoms. The quantitative estimate of drug-likeness (QED) is 0.539. The van der Waals surface area contributed by atoms with E-state index in [0.29, 0.717) is 25.9 Å². The second-order valence-electron chi connectivity index (χ2n) is 6.50. The van der Waals surface area contributed by atoms with E-state index in [1.807, 2.05) is 0 Å². The van der Waals surface area contributed by atoms with Gasteiger partial charge in [0.25, 0.3) is 0 Å². The van der Waals surface area contributed by atoms with Gasteiger partial charge in [-0.2, -0.15) is 0 Å². The van der Waals surface area contributed by atoms with E-state index in [2.05, 4.69) is 10.6 Å². The highest BCUT2D eigenvalue weighted by Crippen LogP contribution is 2.11. The van der Waals surface area contributed by atoms with Crippen molar-refractivity contribution in [3.8, 4) is 5.75 Å². The number of aromatic hydroxyl groups is 1. The van der Waals surface area contributed by atoms with Gasteiger partial charge >= 0.3 is 12.1 Å². The SMILES string of the molecule is CC(C)(C)OC(=O)NCCCN[C@@H](Cc1ccc(O)cc1)C(=O)O. The number of rotatable bonds is 8. The van der Waals surface area contributed by atoms with Gasteiger partial charge in [0.05, 0.1) is 0 Å². The van der Waals surface area contributed by atoms with Gasteiger partial charge in [0.2, 0.25) is 0 Å². The zero-order valence-electron chi connectivity index (χ0n) is 14.3. The van der Waals surface area contributed by atoms with Crippen LogP contribution in [-0.4, -0.2) is 47.0 Å². The van der Waals surface area contributed by atoms with Crippen molar-refractivity contribution in [1.29, 1.82) is 0 Å². The zero-order chi connectivity index (χ0) is 18.2. The van der Waals surface area contributed by atoms with Crippen molar-refractivity contribution >= 4 is 12.1 Å². The van der Waals surface area contributed by atoms with Crippen LogP contribution in [-0.2, 0) is 16.0 Å². The zero-order valence-corrected chi connectivity index (χ0v) is 14.3. The van der Waals surface area contributed by atoms with Crippen LogP contribution in [0.25, 0.3) is 0 Å². The van der Waals surface area contributed by atoms with Crippen LogP contribution in [0.2, 0.25) is 0 Å². The van der Waals surface area contributed by atoms with Crippen LogP contribution in [0.5, 0.6) is 5.75 Å². The maximum atomic E-state index is 11.5. The number of ether oxygens (including phenoxy) is 1. The molecular weight excluding hydrogens is 312 g/mol. The van der Waals surface area contributed by atoms with Crippen molar-refractivity contribution in [1.82, 2.24) is 10.6 Å². The molecule has 0 aliphatic rings. The molecule has 0 aliphatic carbocycles. The number of phenolic OH excluding ortho intramolecular Hbond substituents is 1. The van der Waals surface area contributed by atoms with E-state index in [9.17, 15) is 19.8 Å². The van der Waals surface area contributed by atoms with E-state index in [1.54, 1.807) is 32.9 Å². The summed E-state index contributed by atoms with van der Waals surface area (Å²) in [5.74, 6) is -0.796. The molecule has 0 aliphatic heterocycles. The van der Waals surface area contributed by atoms with Gasteiger partial charge in [-0.1, -0.05) is 12.1 Å². The minimum Gasteiger partial charge on any atom is -0.508 e. The summed E-state index contributed by atoms with van der Waals surface area (Å²) in [7, 11) is 0. The number of carbonyl (C=O) groups is 2. The van der Waals surface area contributed by atoms with E-state index < -0.39 is 23.7 Å². The monoisotopic (exact) mass is 338 g/mol. The Morgan fingerprint density at radius 3 is 2.33 bits per heavy atom. The normalized spacial score (nSPS) is 12.5. The predicted molar refractivity (Wildman–Crippen MR) is 90.1 cm³/mol. The molecule has 1 aromatic rings. The topological polar surface area (TPSA) is 108 Å². The Morgan fingerprint density at radius 1 is 1.17 bits per heavy atom. The molecule has 0 spiro atoms. The number of carbonyl (C=O) groups excluding carboxylic acids is 1. The second-order valence-corrected chi connectivity index (χ2v) is 6.50. The Bertz CT molecular complexity index is 537. The summed E-state index contributed by atoms with van der Waals surface area (Å²) < 4.78 is 5.11. The largest absolute Gasteiger partial charge is 0.508 e. The minimum absolute atomic E-state index is 0.145. The number of carboxylic acid groups (broad SMARTS) is 1. The molecule has 1 rings (SSSR count). The van der Waals surface area contributed by atoms with Crippen LogP contribution < -0.4 is 10.6 Å². The fraction of sp³-hybridized carbons (Fsp3) is 0.529. The van der Waals surface area contributed by atoms with Crippen molar-refractivity contribution in [2.45, 2.75) is 45.3 Å². The summed E-state index contributed by atoms with van der Waals surface area (Å²) in [5, 5.41) is 24.1. The second kappa shape index (κ2) is 9.12. The molecule has 1 aromatic carbocycles. The molecule has 1 atom stereocenters. The van der Waals surface area contributed by atoms with Crippen molar-refractivity contribution in [2.75, 3.05) is 13.1 Å². The average Bonchev–Trinajstić information content (AvgIpc) is 2.45. The highest BCUT2D eigenvalue weighted by molar-refractivity contribution is 5.73. The minimum atomic E-state index is -0.942. The number of aliphatic carboxylic acids is 1. The number of amides is 1. The van der Waals surface area contributed by atoms with E-state index in [-0.39, 0.29) is 5.75 Å². The number of benzene rings is 1. The molecule has 0 fully saturated rings. The molecule has 1 amide bonds. The summed E-state index contributed by atoms with van der Waals surface area (Å²) >= 11 is 0. The van der Waals surface area contributed by atoms with Crippen molar-refractivity contribution in [3.63, 3.8) is 0 Å². The summed E-state index contributed by atoms with van der Waals surface area (Å²) in [6, 6.07) is 5.71. The molecule has 0 aromatic heterocycles.